The Balaban J connectivity index is 0.000000271. The van der Waals surface area contributed by atoms with E-state index < -0.39 is 0 Å². The molecule has 2 aromatic rings. The van der Waals surface area contributed by atoms with Gasteiger partial charge in [0.15, 0.2) is 0 Å². The Bertz CT molecular complexity index is 726. The maximum absolute atomic E-state index is 11.9. The van der Waals surface area contributed by atoms with E-state index in [1.807, 2.05) is 97.1 Å². The molecule has 27 heavy (non-hydrogen) atoms. The smallest absolute Gasteiger partial charge is 0.254 e. The number of nitrogens with zero attached hydrogens (tertiary/aromatic N) is 1. The van der Waals surface area contributed by atoms with Crippen LogP contribution in [0.15, 0.2) is 60.7 Å². The molecule has 2 aromatic carbocycles. The third kappa shape index (κ3) is 8.07. The van der Waals surface area contributed by atoms with Gasteiger partial charge >= 0.3 is 0 Å². The van der Waals surface area contributed by atoms with Crippen molar-refractivity contribution in [3.05, 3.63) is 71.8 Å². The topological polar surface area (TPSA) is 49.4 Å². The molecule has 0 aromatic heterocycles. The molecule has 0 spiro atoms. The molecule has 146 valence electrons. The van der Waals surface area contributed by atoms with Crippen LogP contribution in [0.3, 0.4) is 0 Å². The fourth-order valence-electron chi connectivity index (χ4n) is 2.08. The van der Waals surface area contributed by atoms with E-state index in [4.69, 9.17) is 0 Å². The molecule has 1 N–H and O–H groups in total. The van der Waals surface area contributed by atoms with Gasteiger partial charge in [0.05, 0.1) is 0 Å². The summed E-state index contributed by atoms with van der Waals surface area (Å²) in [5.74, 6) is 0.0474. The Morgan fingerprint density at radius 3 is 1.52 bits per heavy atom. The minimum Gasteiger partial charge on any atom is -0.347 e. The molecule has 0 bridgehead atoms. The fourth-order valence-corrected chi connectivity index (χ4v) is 2.08. The predicted molar refractivity (Wildman–Crippen MR) is 112 cm³/mol. The molecular weight excluding hydrogens is 336 g/mol. The molecule has 4 heteroatoms. The van der Waals surface area contributed by atoms with Gasteiger partial charge in [-0.1, -0.05) is 36.4 Å². The zero-order chi connectivity index (χ0) is 20.7. The van der Waals surface area contributed by atoms with Crippen LogP contribution in [-0.4, -0.2) is 34.8 Å². The van der Waals surface area contributed by atoms with E-state index in [2.05, 4.69) is 5.32 Å². The summed E-state index contributed by atoms with van der Waals surface area (Å²) < 4.78 is 0. The highest BCUT2D eigenvalue weighted by atomic mass is 16.2. The Morgan fingerprint density at radius 2 is 1.15 bits per heavy atom. The van der Waals surface area contributed by atoms with Crippen molar-refractivity contribution in [2.45, 2.75) is 52.6 Å². The van der Waals surface area contributed by atoms with Gasteiger partial charge in [0.2, 0.25) is 0 Å². The van der Waals surface area contributed by atoms with Gasteiger partial charge in [0, 0.05) is 29.3 Å². The third-order valence-corrected chi connectivity index (χ3v) is 3.86. The van der Waals surface area contributed by atoms with Crippen molar-refractivity contribution in [2.75, 3.05) is 7.05 Å². The zero-order valence-corrected chi connectivity index (χ0v) is 17.5. The van der Waals surface area contributed by atoms with Gasteiger partial charge in [-0.3, -0.25) is 9.59 Å². The van der Waals surface area contributed by atoms with Gasteiger partial charge in [-0.05, 0) is 65.8 Å². The van der Waals surface area contributed by atoms with E-state index in [9.17, 15) is 9.59 Å². The number of amides is 2. The monoisotopic (exact) mass is 368 g/mol. The summed E-state index contributed by atoms with van der Waals surface area (Å²) >= 11 is 0. The van der Waals surface area contributed by atoms with Gasteiger partial charge in [-0.2, -0.15) is 0 Å². The number of rotatable bonds is 2. The SMILES string of the molecule is CC(C)(C)NC(=O)c1ccccc1.CN(C(=O)c1ccccc1)C(C)(C)C. The molecule has 0 saturated carbocycles. The minimum atomic E-state index is -0.174. The summed E-state index contributed by atoms with van der Waals surface area (Å²) in [5.41, 5.74) is 1.14. The Kier molecular flexibility index (Phi) is 7.77. The first kappa shape index (κ1) is 22.4. The van der Waals surface area contributed by atoms with Crippen molar-refractivity contribution in [1.82, 2.24) is 10.2 Å². The number of benzene rings is 2. The molecule has 0 unspecified atom stereocenters. The van der Waals surface area contributed by atoms with Crippen molar-refractivity contribution < 1.29 is 9.59 Å². The molecule has 0 fully saturated rings. The van der Waals surface area contributed by atoms with Crippen molar-refractivity contribution in [3.63, 3.8) is 0 Å². The summed E-state index contributed by atoms with van der Waals surface area (Å²) in [7, 11) is 1.83. The molecule has 0 radical (unpaired) electrons. The van der Waals surface area contributed by atoms with Crippen LogP contribution in [0.4, 0.5) is 0 Å². The molecular formula is C23H32N2O2. The summed E-state index contributed by atoms with van der Waals surface area (Å²) in [6.07, 6.45) is 0. The zero-order valence-electron chi connectivity index (χ0n) is 17.5. The number of hydrogen-bond donors (Lipinski definition) is 1. The van der Waals surface area contributed by atoms with E-state index in [0.29, 0.717) is 5.56 Å². The average Bonchev–Trinajstić information content (AvgIpc) is 2.60. The summed E-state index contributed by atoms with van der Waals surface area (Å²) in [4.78, 5) is 25.2. The molecule has 0 aliphatic carbocycles. The fraction of sp³-hybridized carbons (Fsp3) is 0.391. The van der Waals surface area contributed by atoms with Gasteiger partial charge in [-0.15, -0.1) is 0 Å². The molecule has 0 aliphatic heterocycles. The lowest BCUT2D eigenvalue weighted by atomic mass is 10.1. The highest BCUT2D eigenvalue weighted by molar-refractivity contribution is 5.95. The predicted octanol–water partition coefficient (Wildman–Crippen LogP) is 4.77. The summed E-state index contributed by atoms with van der Waals surface area (Å²) in [5, 5.41) is 2.90. The van der Waals surface area contributed by atoms with Gasteiger partial charge < -0.3 is 10.2 Å². The third-order valence-electron chi connectivity index (χ3n) is 3.86. The Morgan fingerprint density at radius 1 is 0.741 bits per heavy atom. The standard InChI is InChI=1S/C12H17NO.C11H15NO/c1-12(2,3)13(4)11(14)10-8-6-5-7-9-10;1-11(2,3)12-10(13)9-7-5-4-6-8-9/h5-9H,1-4H3;4-8H,1-3H3,(H,12,13). The van der Waals surface area contributed by atoms with Crippen LogP contribution in [0.5, 0.6) is 0 Å². The lowest BCUT2D eigenvalue weighted by Gasteiger charge is -2.32. The van der Waals surface area contributed by atoms with Crippen LogP contribution in [0.1, 0.15) is 62.3 Å². The molecule has 0 aliphatic rings. The quantitative estimate of drug-likeness (QED) is 0.830. The van der Waals surface area contributed by atoms with Crippen LogP contribution in [-0.2, 0) is 0 Å². The number of carbonyl (C=O) groups excluding carboxylic acids is 2. The molecule has 0 atom stereocenters. The molecule has 4 nitrogen and oxygen atoms in total. The van der Waals surface area contributed by atoms with E-state index in [-0.39, 0.29) is 22.9 Å². The normalized spacial score (nSPS) is 11.1. The lowest BCUT2D eigenvalue weighted by molar-refractivity contribution is 0.0655. The van der Waals surface area contributed by atoms with Gasteiger partial charge in [0.1, 0.15) is 0 Å². The van der Waals surface area contributed by atoms with Crippen LogP contribution in [0.25, 0.3) is 0 Å². The van der Waals surface area contributed by atoms with Crippen LogP contribution in [0.2, 0.25) is 0 Å². The van der Waals surface area contributed by atoms with Crippen molar-refractivity contribution in [2.24, 2.45) is 0 Å². The first-order valence-corrected chi connectivity index (χ1v) is 9.12. The second-order valence-electron chi connectivity index (χ2n) is 8.47. The van der Waals surface area contributed by atoms with E-state index in [1.165, 1.54) is 0 Å². The average molecular weight is 369 g/mol. The molecule has 2 amide bonds. The van der Waals surface area contributed by atoms with E-state index in [0.717, 1.165) is 5.56 Å². The Hall–Kier alpha value is -2.62. The second kappa shape index (κ2) is 9.36. The first-order valence-electron chi connectivity index (χ1n) is 9.12. The highest BCUT2D eigenvalue weighted by Crippen LogP contribution is 2.14. The lowest BCUT2D eigenvalue weighted by Crippen LogP contribution is -2.42. The second-order valence-corrected chi connectivity index (χ2v) is 8.47. The molecule has 0 heterocycles. The van der Waals surface area contributed by atoms with Crippen LogP contribution >= 0.6 is 0 Å². The maximum Gasteiger partial charge on any atom is 0.254 e. The number of carbonyl (C=O) groups is 2. The van der Waals surface area contributed by atoms with Gasteiger partial charge in [0.25, 0.3) is 11.8 Å². The van der Waals surface area contributed by atoms with Crippen LogP contribution in [0, 0.1) is 0 Å². The number of hydrogen-bond acceptors (Lipinski definition) is 2. The Labute approximate surface area is 163 Å². The molecule has 2 rings (SSSR count). The largest absolute Gasteiger partial charge is 0.347 e. The molecule has 0 saturated heterocycles. The first-order chi connectivity index (χ1) is 12.4. The maximum atomic E-state index is 11.9. The summed E-state index contributed by atoms with van der Waals surface area (Å²) in [6.45, 7) is 12.0. The van der Waals surface area contributed by atoms with Crippen molar-refractivity contribution >= 4 is 11.8 Å². The van der Waals surface area contributed by atoms with Gasteiger partial charge in [-0.25, -0.2) is 0 Å². The number of nitrogens with one attached hydrogen (secondary N) is 1. The van der Waals surface area contributed by atoms with Crippen LogP contribution < -0.4 is 5.32 Å². The van der Waals surface area contributed by atoms with E-state index in [1.54, 1.807) is 17.0 Å². The summed E-state index contributed by atoms with van der Waals surface area (Å²) in [6, 6.07) is 18.6. The van der Waals surface area contributed by atoms with E-state index >= 15 is 0 Å². The highest BCUT2D eigenvalue weighted by Gasteiger charge is 2.22. The van der Waals surface area contributed by atoms with Crippen molar-refractivity contribution in [3.8, 4) is 0 Å². The van der Waals surface area contributed by atoms with Crippen molar-refractivity contribution in [1.29, 1.82) is 0 Å². The minimum absolute atomic E-state index is 0.0203.